The van der Waals surface area contributed by atoms with E-state index in [0.29, 0.717) is 15.2 Å². The summed E-state index contributed by atoms with van der Waals surface area (Å²) in [6, 6.07) is 6.07. The maximum Gasteiger partial charge on any atom is 0.257 e. The monoisotopic (exact) mass is 328 g/mol. The van der Waals surface area contributed by atoms with Gasteiger partial charge in [-0.05, 0) is 40.2 Å². The lowest BCUT2D eigenvalue weighted by molar-refractivity contribution is 0.102. The minimum Gasteiger partial charge on any atom is -0.321 e. The molecule has 0 unspecified atom stereocenters. The van der Waals surface area contributed by atoms with Gasteiger partial charge in [-0.15, -0.1) is 0 Å². The second-order valence-corrected chi connectivity index (χ2v) is 4.76. The fraction of sp³-hybridized carbons (Fsp3) is 0. The minimum atomic E-state index is -0.558. The van der Waals surface area contributed by atoms with Gasteiger partial charge in [0.15, 0.2) is 0 Å². The van der Waals surface area contributed by atoms with Gasteiger partial charge in [0.1, 0.15) is 5.82 Å². The molecule has 1 amide bonds. The van der Waals surface area contributed by atoms with Crippen LogP contribution in [0.2, 0.25) is 5.02 Å². The van der Waals surface area contributed by atoms with E-state index in [9.17, 15) is 9.18 Å². The molecule has 18 heavy (non-hydrogen) atoms. The third-order valence-corrected chi connectivity index (χ3v) is 3.04. The molecule has 0 bridgehead atoms. The van der Waals surface area contributed by atoms with Crippen LogP contribution in [0.25, 0.3) is 0 Å². The van der Waals surface area contributed by atoms with Gasteiger partial charge in [-0.3, -0.25) is 9.78 Å². The van der Waals surface area contributed by atoms with E-state index >= 15 is 0 Å². The third-order valence-electron chi connectivity index (χ3n) is 2.15. The van der Waals surface area contributed by atoms with Gasteiger partial charge in [-0.2, -0.15) is 0 Å². The number of carbonyl (C=O) groups excluding carboxylic acids is 1. The number of halogens is 3. The van der Waals surface area contributed by atoms with Crippen molar-refractivity contribution in [2.24, 2.45) is 0 Å². The van der Waals surface area contributed by atoms with Crippen LogP contribution in [0.15, 0.2) is 41.1 Å². The molecule has 0 aliphatic rings. The van der Waals surface area contributed by atoms with Crippen LogP contribution in [0, 0.1) is 5.82 Å². The highest BCUT2D eigenvalue weighted by Gasteiger charge is 2.09. The van der Waals surface area contributed by atoms with E-state index in [1.807, 2.05) is 0 Å². The Kier molecular flexibility index (Phi) is 3.93. The fourth-order valence-corrected chi connectivity index (χ4v) is 2.10. The molecule has 0 atom stereocenters. The number of rotatable bonds is 2. The first kappa shape index (κ1) is 13.0. The van der Waals surface area contributed by atoms with Crippen molar-refractivity contribution in [2.75, 3.05) is 5.32 Å². The van der Waals surface area contributed by atoms with Crippen LogP contribution in [0.3, 0.4) is 0 Å². The Morgan fingerprint density at radius 3 is 2.78 bits per heavy atom. The van der Waals surface area contributed by atoms with E-state index in [1.165, 1.54) is 6.20 Å². The average molecular weight is 330 g/mol. The number of aromatic nitrogens is 1. The molecule has 92 valence electrons. The molecule has 6 heteroatoms. The molecule has 2 aromatic rings. The molecule has 0 saturated heterocycles. The van der Waals surface area contributed by atoms with Crippen molar-refractivity contribution in [3.8, 4) is 0 Å². The fourth-order valence-electron chi connectivity index (χ4n) is 1.32. The Hall–Kier alpha value is -1.46. The zero-order chi connectivity index (χ0) is 13.1. The molecule has 0 spiro atoms. The lowest BCUT2D eigenvalue weighted by Gasteiger charge is -2.07. The number of pyridine rings is 1. The number of nitrogens with one attached hydrogen (secondary N) is 1. The summed E-state index contributed by atoms with van der Waals surface area (Å²) in [5.41, 5.74) is 0.700. The van der Waals surface area contributed by atoms with Crippen molar-refractivity contribution >= 4 is 39.1 Å². The van der Waals surface area contributed by atoms with E-state index in [2.05, 4.69) is 26.2 Å². The second-order valence-electron chi connectivity index (χ2n) is 3.47. The van der Waals surface area contributed by atoms with Gasteiger partial charge in [0.2, 0.25) is 0 Å². The number of hydrogen-bond donors (Lipinski definition) is 1. The van der Waals surface area contributed by atoms with Crippen LogP contribution in [-0.2, 0) is 0 Å². The van der Waals surface area contributed by atoms with Crippen molar-refractivity contribution in [2.45, 2.75) is 0 Å². The molecule has 0 saturated carbocycles. The molecule has 0 aliphatic heterocycles. The predicted molar refractivity (Wildman–Crippen MR) is 71.3 cm³/mol. The molecule has 0 fully saturated rings. The Bertz CT molecular complexity index is 606. The summed E-state index contributed by atoms with van der Waals surface area (Å²) < 4.78 is 13.6. The van der Waals surface area contributed by atoms with Gasteiger partial charge in [0, 0.05) is 15.7 Å². The maximum absolute atomic E-state index is 12.9. The summed E-state index contributed by atoms with van der Waals surface area (Å²) in [7, 11) is 0. The SMILES string of the molecule is O=C(Nc1ccc(Cl)cc1Br)c1cncc(F)c1. The zero-order valence-electron chi connectivity index (χ0n) is 8.95. The molecule has 3 nitrogen and oxygen atoms in total. The first-order valence-corrected chi connectivity index (χ1v) is 6.10. The summed E-state index contributed by atoms with van der Waals surface area (Å²) in [6.07, 6.45) is 2.33. The second kappa shape index (κ2) is 5.46. The van der Waals surface area contributed by atoms with E-state index in [4.69, 9.17) is 11.6 Å². The van der Waals surface area contributed by atoms with Crippen LogP contribution in [-0.4, -0.2) is 10.9 Å². The molecule has 0 radical (unpaired) electrons. The molecule has 2 rings (SSSR count). The molecular weight excluding hydrogens is 322 g/mol. The number of anilines is 1. The van der Waals surface area contributed by atoms with Crippen molar-refractivity contribution < 1.29 is 9.18 Å². The van der Waals surface area contributed by atoms with Crippen LogP contribution >= 0.6 is 27.5 Å². The summed E-state index contributed by atoms with van der Waals surface area (Å²) in [6.45, 7) is 0. The van der Waals surface area contributed by atoms with E-state index in [-0.39, 0.29) is 5.56 Å². The highest BCUT2D eigenvalue weighted by Crippen LogP contribution is 2.26. The van der Waals surface area contributed by atoms with Gasteiger partial charge in [0.05, 0.1) is 17.4 Å². The normalized spacial score (nSPS) is 10.2. The first-order chi connectivity index (χ1) is 8.56. The Morgan fingerprint density at radius 2 is 2.11 bits per heavy atom. The molecule has 1 heterocycles. The minimum absolute atomic E-state index is 0.150. The van der Waals surface area contributed by atoms with Gasteiger partial charge in [0.25, 0.3) is 5.91 Å². The van der Waals surface area contributed by atoms with Gasteiger partial charge in [-0.1, -0.05) is 11.6 Å². The average Bonchev–Trinajstić information content (AvgIpc) is 2.32. The summed E-state index contributed by atoms with van der Waals surface area (Å²) in [4.78, 5) is 15.4. The quantitative estimate of drug-likeness (QED) is 0.908. The van der Waals surface area contributed by atoms with Crippen LogP contribution in [0.4, 0.5) is 10.1 Å². The molecule has 1 aromatic heterocycles. The summed E-state index contributed by atoms with van der Waals surface area (Å²) in [5, 5.41) is 3.18. The highest BCUT2D eigenvalue weighted by molar-refractivity contribution is 9.10. The van der Waals surface area contributed by atoms with Gasteiger partial charge >= 0.3 is 0 Å². The predicted octanol–water partition coefficient (Wildman–Crippen LogP) is 3.89. The first-order valence-electron chi connectivity index (χ1n) is 4.93. The van der Waals surface area contributed by atoms with E-state index in [0.717, 1.165) is 12.3 Å². The van der Waals surface area contributed by atoms with Gasteiger partial charge < -0.3 is 5.32 Å². The van der Waals surface area contributed by atoms with E-state index in [1.54, 1.807) is 18.2 Å². The van der Waals surface area contributed by atoms with Crippen LogP contribution < -0.4 is 5.32 Å². The summed E-state index contributed by atoms with van der Waals surface area (Å²) in [5.74, 6) is -0.997. The van der Waals surface area contributed by atoms with Crippen LogP contribution in [0.1, 0.15) is 10.4 Å². The number of carbonyl (C=O) groups is 1. The lowest BCUT2D eigenvalue weighted by Crippen LogP contribution is -2.12. The van der Waals surface area contributed by atoms with Gasteiger partial charge in [-0.25, -0.2) is 4.39 Å². The van der Waals surface area contributed by atoms with E-state index < -0.39 is 11.7 Å². The number of amides is 1. The third kappa shape index (κ3) is 3.05. The van der Waals surface area contributed by atoms with Crippen molar-refractivity contribution in [1.82, 2.24) is 4.98 Å². The van der Waals surface area contributed by atoms with Crippen LogP contribution in [0.5, 0.6) is 0 Å². The Balaban J connectivity index is 2.21. The Labute approximate surface area is 116 Å². The van der Waals surface area contributed by atoms with Crippen molar-refractivity contribution in [3.05, 3.63) is 57.5 Å². The number of nitrogens with zero attached hydrogens (tertiary/aromatic N) is 1. The summed E-state index contributed by atoms with van der Waals surface area (Å²) >= 11 is 9.06. The molecular formula is C12H7BrClFN2O. The van der Waals surface area contributed by atoms with Crippen molar-refractivity contribution in [1.29, 1.82) is 0 Å². The largest absolute Gasteiger partial charge is 0.321 e. The smallest absolute Gasteiger partial charge is 0.257 e. The lowest BCUT2D eigenvalue weighted by atomic mass is 10.2. The standard InChI is InChI=1S/C12H7BrClFN2O/c13-10-4-8(14)1-2-11(10)17-12(18)7-3-9(15)6-16-5-7/h1-6H,(H,17,18). The van der Waals surface area contributed by atoms with Crippen molar-refractivity contribution in [3.63, 3.8) is 0 Å². The maximum atomic E-state index is 12.9. The number of benzene rings is 1. The zero-order valence-corrected chi connectivity index (χ0v) is 11.3. The molecule has 0 aliphatic carbocycles. The highest BCUT2D eigenvalue weighted by atomic mass is 79.9. The molecule has 1 N–H and O–H groups in total. The molecule has 1 aromatic carbocycles. The number of hydrogen-bond acceptors (Lipinski definition) is 2. The Morgan fingerprint density at radius 1 is 1.33 bits per heavy atom. The topological polar surface area (TPSA) is 42.0 Å².